The second-order valence-corrected chi connectivity index (χ2v) is 6.97. The Morgan fingerprint density at radius 1 is 1.37 bits per heavy atom. The minimum absolute atomic E-state index is 0.131. The van der Waals surface area contributed by atoms with Crippen LogP contribution in [0, 0.1) is 11.2 Å². The predicted octanol–water partition coefficient (Wildman–Crippen LogP) is 2.11. The number of hydrogen-bond donors (Lipinski definition) is 2. The Morgan fingerprint density at radius 2 is 2.11 bits per heavy atom. The summed E-state index contributed by atoms with van der Waals surface area (Å²) in [7, 11) is 1.58. The highest BCUT2D eigenvalue weighted by Crippen LogP contribution is 2.35. The van der Waals surface area contributed by atoms with E-state index < -0.39 is 17.5 Å². The number of nitrogens with zero attached hydrogens (tertiary/aromatic N) is 2. The SMILES string of the molecule is COc1ccnc(CN2CC[C@H](O)[C@](Cc3ccc(F)cc3)(C(=O)O)C2)c1. The summed E-state index contributed by atoms with van der Waals surface area (Å²) >= 11 is 0. The molecular weight excluding hydrogens is 351 g/mol. The Bertz CT molecular complexity index is 799. The molecule has 0 unspecified atom stereocenters. The normalized spacial score (nSPS) is 23.1. The molecular formula is C20H23FN2O4. The molecule has 27 heavy (non-hydrogen) atoms. The molecule has 0 radical (unpaired) electrons. The molecule has 1 aromatic heterocycles. The fourth-order valence-corrected chi connectivity index (χ4v) is 3.62. The minimum Gasteiger partial charge on any atom is -0.497 e. The summed E-state index contributed by atoms with van der Waals surface area (Å²) in [5.74, 6) is -0.742. The second kappa shape index (κ2) is 8.02. The first kappa shape index (κ1) is 19.3. The zero-order valence-corrected chi connectivity index (χ0v) is 15.1. The van der Waals surface area contributed by atoms with Crippen LogP contribution >= 0.6 is 0 Å². The monoisotopic (exact) mass is 374 g/mol. The first-order valence-corrected chi connectivity index (χ1v) is 8.80. The number of carbonyl (C=O) groups is 1. The summed E-state index contributed by atoms with van der Waals surface area (Å²) in [6, 6.07) is 9.30. The lowest BCUT2D eigenvalue weighted by atomic mass is 9.73. The molecule has 6 nitrogen and oxygen atoms in total. The summed E-state index contributed by atoms with van der Waals surface area (Å²) in [6.45, 7) is 1.21. The third kappa shape index (κ3) is 4.26. The van der Waals surface area contributed by atoms with Gasteiger partial charge in [0.1, 0.15) is 17.0 Å². The quantitative estimate of drug-likeness (QED) is 0.806. The van der Waals surface area contributed by atoms with Crippen molar-refractivity contribution < 1.29 is 24.1 Å². The average molecular weight is 374 g/mol. The molecule has 1 aliphatic rings. The molecule has 2 aromatic rings. The van der Waals surface area contributed by atoms with Gasteiger partial charge in [-0.1, -0.05) is 12.1 Å². The standard InChI is InChI=1S/C20H23FN2O4/c1-27-17-6-8-22-16(10-17)12-23-9-7-18(24)20(13-23,19(25)26)11-14-2-4-15(21)5-3-14/h2-6,8,10,18,24H,7,9,11-13H2,1H3,(H,25,26)/t18-,20+/m0/s1. The number of benzene rings is 1. The molecule has 1 saturated heterocycles. The number of rotatable bonds is 6. The maximum atomic E-state index is 13.2. The van der Waals surface area contributed by atoms with Gasteiger partial charge in [-0.15, -0.1) is 0 Å². The first-order chi connectivity index (χ1) is 12.9. The zero-order valence-electron chi connectivity index (χ0n) is 15.1. The average Bonchev–Trinajstić information content (AvgIpc) is 2.66. The Hall–Kier alpha value is -2.51. The maximum absolute atomic E-state index is 13.2. The molecule has 0 aliphatic carbocycles. The van der Waals surface area contributed by atoms with Crippen molar-refractivity contribution in [1.82, 2.24) is 9.88 Å². The Morgan fingerprint density at radius 3 is 2.78 bits per heavy atom. The van der Waals surface area contributed by atoms with E-state index >= 15 is 0 Å². The molecule has 0 bridgehead atoms. The number of carboxylic acids is 1. The number of methoxy groups -OCH3 is 1. The lowest BCUT2D eigenvalue weighted by Crippen LogP contribution is -2.56. The second-order valence-electron chi connectivity index (χ2n) is 6.97. The van der Waals surface area contributed by atoms with Gasteiger partial charge in [0, 0.05) is 31.9 Å². The van der Waals surface area contributed by atoms with E-state index in [0.717, 1.165) is 5.69 Å². The van der Waals surface area contributed by atoms with Gasteiger partial charge in [0.25, 0.3) is 0 Å². The molecule has 1 fully saturated rings. The number of aromatic nitrogens is 1. The maximum Gasteiger partial charge on any atom is 0.313 e. The van der Waals surface area contributed by atoms with Gasteiger partial charge in [0.2, 0.25) is 0 Å². The van der Waals surface area contributed by atoms with Crippen molar-refractivity contribution in [2.75, 3.05) is 20.2 Å². The number of likely N-dealkylation sites (tertiary alicyclic amines) is 1. The number of aliphatic carboxylic acids is 1. The van der Waals surface area contributed by atoms with Gasteiger partial charge in [-0.25, -0.2) is 4.39 Å². The van der Waals surface area contributed by atoms with Crippen molar-refractivity contribution in [1.29, 1.82) is 0 Å². The van der Waals surface area contributed by atoms with E-state index in [9.17, 15) is 19.4 Å². The number of hydrogen-bond acceptors (Lipinski definition) is 5. The van der Waals surface area contributed by atoms with Crippen molar-refractivity contribution in [3.8, 4) is 5.75 Å². The highest BCUT2D eigenvalue weighted by Gasteiger charge is 2.49. The number of aliphatic hydroxyl groups excluding tert-OH is 1. The van der Waals surface area contributed by atoms with Crippen LogP contribution in [0.2, 0.25) is 0 Å². The van der Waals surface area contributed by atoms with Crippen LogP contribution in [-0.4, -0.2) is 52.4 Å². The van der Waals surface area contributed by atoms with Crippen LogP contribution in [-0.2, 0) is 17.8 Å². The van der Waals surface area contributed by atoms with Crippen LogP contribution in [0.1, 0.15) is 17.7 Å². The summed E-state index contributed by atoms with van der Waals surface area (Å²) in [4.78, 5) is 18.5. The first-order valence-electron chi connectivity index (χ1n) is 8.80. The molecule has 144 valence electrons. The van der Waals surface area contributed by atoms with E-state index in [1.807, 2.05) is 11.0 Å². The van der Waals surface area contributed by atoms with Gasteiger partial charge in [-0.2, -0.15) is 0 Å². The van der Waals surface area contributed by atoms with Gasteiger partial charge < -0.3 is 14.9 Å². The number of ether oxygens (including phenoxy) is 1. The van der Waals surface area contributed by atoms with Gasteiger partial charge in [0.05, 0.1) is 18.9 Å². The number of halogens is 1. The molecule has 0 spiro atoms. The molecule has 2 N–H and O–H groups in total. The fraction of sp³-hybridized carbons (Fsp3) is 0.400. The van der Waals surface area contributed by atoms with E-state index in [1.165, 1.54) is 12.1 Å². The predicted molar refractivity (Wildman–Crippen MR) is 96.9 cm³/mol. The van der Waals surface area contributed by atoms with Crippen molar-refractivity contribution in [3.05, 3.63) is 59.7 Å². The smallest absolute Gasteiger partial charge is 0.313 e. The van der Waals surface area contributed by atoms with Crippen molar-refractivity contribution in [3.63, 3.8) is 0 Å². The van der Waals surface area contributed by atoms with E-state index in [-0.39, 0.29) is 18.8 Å². The summed E-state index contributed by atoms with van der Waals surface area (Å²) in [5.41, 5.74) is 0.0978. The molecule has 2 atom stereocenters. The van der Waals surface area contributed by atoms with Crippen LogP contribution in [0.15, 0.2) is 42.6 Å². The molecule has 0 amide bonds. The van der Waals surface area contributed by atoms with E-state index in [2.05, 4.69) is 4.98 Å². The largest absolute Gasteiger partial charge is 0.497 e. The number of piperidine rings is 1. The van der Waals surface area contributed by atoms with Gasteiger partial charge in [-0.05, 0) is 36.6 Å². The van der Waals surface area contributed by atoms with Crippen LogP contribution in [0.25, 0.3) is 0 Å². The summed E-state index contributed by atoms with van der Waals surface area (Å²) < 4.78 is 18.4. The van der Waals surface area contributed by atoms with E-state index in [4.69, 9.17) is 4.74 Å². The van der Waals surface area contributed by atoms with Crippen LogP contribution in [0.3, 0.4) is 0 Å². The molecule has 2 heterocycles. The highest BCUT2D eigenvalue weighted by molar-refractivity contribution is 5.76. The van der Waals surface area contributed by atoms with Crippen LogP contribution < -0.4 is 4.74 Å². The molecule has 0 saturated carbocycles. The molecule has 1 aliphatic heterocycles. The van der Waals surface area contributed by atoms with Gasteiger partial charge in [0.15, 0.2) is 0 Å². The lowest BCUT2D eigenvalue weighted by Gasteiger charge is -2.43. The van der Waals surface area contributed by atoms with Gasteiger partial charge in [-0.3, -0.25) is 14.7 Å². The third-order valence-corrected chi connectivity index (χ3v) is 5.13. The topological polar surface area (TPSA) is 82.9 Å². The Labute approximate surface area is 157 Å². The van der Waals surface area contributed by atoms with Crippen LogP contribution in [0.4, 0.5) is 4.39 Å². The Balaban J connectivity index is 1.81. The van der Waals surface area contributed by atoms with Crippen molar-refractivity contribution in [2.24, 2.45) is 5.41 Å². The zero-order chi connectivity index (χ0) is 19.4. The number of pyridine rings is 1. The van der Waals surface area contributed by atoms with Crippen molar-refractivity contribution >= 4 is 5.97 Å². The third-order valence-electron chi connectivity index (χ3n) is 5.13. The summed E-state index contributed by atoms with van der Waals surface area (Å²) in [5, 5.41) is 20.5. The van der Waals surface area contributed by atoms with Crippen LogP contribution in [0.5, 0.6) is 5.75 Å². The highest BCUT2D eigenvalue weighted by atomic mass is 19.1. The summed E-state index contributed by atoms with van der Waals surface area (Å²) in [6.07, 6.45) is 1.15. The number of carboxylic acid groups (broad SMARTS) is 1. The van der Waals surface area contributed by atoms with E-state index in [1.54, 1.807) is 31.5 Å². The number of aliphatic hydroxyl groups is 1. The fourth-order valence-electron chi connectivity index (χ4n) is 3.62. The Kier molecular flexibility index (Phi) is 5.72. The molecule has 3 rings (SSSR count). The molecule has 7 heteroatoms. The molecule has 1 aromatic carbocycles. The lowest BCUT2D eigenvalue weighted by molar-refractivity contribution is -0.163. The van der Waals surface area contributed by atoms with E-state index in [0.29, 0.717) is 30.8 Å². The van der Waals surface area contributed by atoms with Gasteiger partial charge >= 0.3 is 5.97 Å². The minimum atomic E-state index is -1.35. The van der Waals surface area contributed by atoms with Crippen molar-refractivity contribution in [2.45, 2.75) is 25.5 Å².